The first-order chi connectivity index (χ1) is 6.08. The lowest BCUT2D eigenvalue weighted by atomic mass is 9.83. The lowest BCUT2D eigenvalue weighted by Crippen LogP contribution is -2.26. The lowest BCUT2D eigenvalue weighted by Gasteiger charge is -2.27. The van der Waals surface area contributed by atoms with E-state index in [4.69, 9.17) is 4.74 Å². The first kappa shape index (κ1) is 11.0. The van der Waals surface area contributed by atoms with Crippen molar-refractivity contribution in [3.8, 4) is 0 Å². The van der Waals surface area contributed by atoms with Crippen LogP contribution in [0.3, 0.4) is 0 Å². The van der Waals surface area contributed by atoms with Crippen molar-refractivity contribution in [3.05, 3.63) is 0 Å². The fourth-order valence-electron chi connectivity index (χ4n) is 1.72. The molecule has 0 radical (unpaired) electrons. The van der Waals surface area contributed by atoms with Gasteiger partial charge in [0.15, 0.2) is 0 Å². The zero-order valence-electron chi connectivity index (χ0n) is 9.05. The SMILES string of the molecule is CC(C)OCCC(C)(CO)C1CC1. The summed E-state index contributed by atoms with van der Waals surface area (Å²) in [4.78, 5) is 0. The molecule has 0 bridgehead atoms. The highest BCUT2D eigenvalue weighted by Gasteiger charge is 2.40. The van der Waals surface area contributed by atoms with Gasteiger partial charge >= 0.3 is 0 Å². The van der Waals surface area contributed by atoms with Crippen molar-refractivity contribution in [2.75, 3.05) is 13.2 Å². The number of rotatable bonds is 6. The standard InChI is InChI=1S/C11H22O2/c1-9(2)13-7-6-11(3,8-12)10-4-5-10/h9-10,12H,4-8H2,1-3H3. The summed E-state index contributed by atoms with van der Waals surface area (Å²) >= 11 is 0. The third-order valence-electron chi connectivity index (χ3n) is 3.05. The zero-order valence-corrected chi connectivity index (χ0v) is 9.05. The molecule has 1 rings (SSSR count). The fourth-order valence-corrected chi connectivity index (χ4v) is 1.72. The topological polar surface area (TPSA) is 29.5 Å². The van der Waals surface area contributed by atoms with Gasteiger partial charge in [-0.15, -0.1) is 0 Å². The van der Waals surface area contributed by atoms with Crippen LogP contribution in [0.1, 0.15) is 40.0 Å². The molecule has 0 saturated heterocycles. The number of aliphatic hydroxyl groups is 1. The van der Waals surface area contributed by atoms with E-state index in [-0.39, 0.29) is 5.41 Å². The second-order valence-corrected chi connectivity index (χ2v) is 4.76. The lowest BCUT2D eigenvalue weighted by molar-refractivity contribution is 0.0279. The van der Waals surface area contributed by atoms with Gasteiger partial charge in [0.05, 0.1) is 6.10 Å². The Balaban J connectivity index is 2.23. The molecule has 0 aromatic rings. The van der Waals surface area contributed by atoms with Crippen molar-refractivity contribution in [1.82, 2.24) is 0 Å². The van der Waals surface area contributed by atoms with Crippen LogP contribution in [0.2, 0.25) is 0 Å². The Morgan fingerprint density at radius 3 is 2.46 bits per heavy atom. The molecule has 2 nitrogen and oxygen atoms in total. The van der Waals surface area contributed by atoms with Crippen LogP contribution in [0, 0.1) is 11.3 Å². The second kappa shape index (κ2) is 4.43. The largest absolute Gasteiger partial charge is 0.396 e. The van der Waals surface area contributed by atoms with Crippen LogP contribution >= 0.6 is 0 Å². The van der Waals surface area contributed by atoms with Crippen LogP contribution in [0.15, 0.2) is 0 Å². The number of hydrogen-bond donors (Lipinski definition) is 1. The van der Waals surface area contributed by atoms with Crippen molar-refractivity contribution < 1.29 is 9.84 Å². The zero-order chi connectivity index (χ0) is 9.90. The predicted octanol–water partition coefficient (Wildman–Crippen LogP) is 2.21. The maximum Gasteiger partial charge on any atom is 0.0518 e. The number of ether oxygens (including phenoxy) is 1. The molecule has 78 valence electrons. The summed E-state index contributed by atoms with van der Waals surface area (Å²) in [6.45, 7) is 7.36. The Kier molecular flexibility index (Phi) is 3.74. The highest BCUT2D eigenvalue weighted by atomic mass is 16.5. The minimum Gasteiger partial charge on any atom is -0.396 e. The van der Waals surface area contributed by atoms with E-state index in [1.54, 1.807) is 0 Å². The molecule has 1 unspecified atom stereocenters. The number of hydrogen-bond acceptors (Lipinski definition) is 2. The van der Waals surface area contributed by atoms with Gasteiger partial charge in [0.2, 0.25) is 0 Å². The second-order valence-electron chi connectivity index (χ2n) is 4.76. The summed E-state index contributed by atoms with van der Waals surface area (Å²) < 4.78 is 5.51. The number of aliphatic hydroxyl groups excluding tert-OH is 1. The summed E-state index contributed by atoms with van der Waals surface area (Å²) in [7, 11) is 0. The monoisotopic (exact) mass is 186 g/mol. The highest BCUT2D eigenvalue weighted by Crippen LogP contribution is 2.47. The molecule has 0 heterocycles. The summed E-state index contributed by atoms with van der Waals surface area (Å²) in [5.41, 5.74) is 0.120. The van der Waals surface area contributed by atoms with Gasteiger partial charge in [-0.05, 0) is 44.4 Å². The molecule has 0 aromatic carbocycles. The Morgan fingerprint density at radius 1 is 1.46 bits per heavy atom. The minimum atomic E-state index is 0.120. The van der Waals surface area contributed by atoms with Crippen molar-refractivity contribution in [2.45, 2.75) is 46.1 Å². The van der Waals surface area contributed by atoms with Gasteiger partial charge in [0, 0.05) is 13.2 Å². The Hall–Kier alpha value is -0.0800. The average Bonchev–Trinajstić information content (AvgIpc) is 2.85. The summed E-state index contributed by atoms with van der Waals surface area (Å²) in [6.07, 6.45) is 3.88. The third kappa shape index (κ3) is 3.28. The average molecular weight is 186 g/mol. The first-order valence-electron chi connectivity index (χ1n) is 5.31. The molecule has 1 N–H and O–H groups in total. The van der Waals surface area contributed by atoms with Gasteiger partial charge in [-0.3, -0.25) is 0 Å². The molecule has 13 heavy (non-hydrogen) atoms. The molecule has 0 aromatic heterocycles. The fraction of sp³-hybridized carbons (Fsp3) is 1.00. The molecule has 1 fully saturated rings. The van der Waals surface area contributed by atoms with Crippen LogP contribution in [0.4, 0.5) is 0 Å². The van der Waals surface area contributed by atoms with Gasteiger partial charge < -0.3 is 9.84 Å². The van der Waals surface area contributed by atoms with Crippen LogP contribution in [-0.4, -0.2) is 24.4 Å². The van der Waals surface area contributed by atoms with Gasteiger partial charge in [-0.25, -0.2) is 0 Å². The maximum atomic E-state index is 9.31. The van der Waals surface area contributed by atoms with Gasteiger partial charge in [-0.2, -0.15) is 0 Å². The Morgan fingerprint density at radius 2 is 2.08 bits per heavy atom. The van der Waals surface area contributed by atoms with Gasteiger partial charge in [0.1, 0.15) is 0 Å². The molecule has 0 amide bonds. The predicted molar refractivity (Wildman–Crippen MR) is 53.6 cm³/mol. The summed E-state index contributed by atoms with van der Waals surface area (Å²) in [5, 5.41) is 9.31. The van der Waals surface area contributed by atoms with E-state index < -0.39 is 0 Å². The first-order valence-corrected chi connectivity index (χ1v) is 5.31. The third-order valence-corrected chi connectivity index (χ3v) is 3.05. The van der Waals surface area contributed by atoms with Crippen LogP contribution in [0.5, 0.6) is 0 Å². The van der Waals surface area contributed by atoms with Crippen LogP contribution in [-0.2, 0) is 4.74 Å². The molecular formula is C11H22O2. The van der Waals surface area contributed by atoms with E-state index >= 15 is 0 Å². The normalized spacial score (nSPS) is 21.9. The van der Waals surface area contributed by atoms with Crippen LogP contribution < -0.4 is 0 Å². The van der Waals surface area contributed by atoms with Crippen molar-refractivity contribution in [3.63, 3.8) is 0 Å². The minimum absolute atomic E-state index is 0.120. The molecule has 0 spiro atoms. The van der Waals surface area contributed by atoms with Crippen molar-refractivity contribution in [2.24, 2.45) is 11.3 Å². The molecule has 1 aliphatic rings. The molecule has 1 saturated carbocycles. The molecule has 2 heteroatoms. The van der Waals surface area contributed by atoms with E-state index in [1.165, 1.54) is 12.8 Å². The molecule has 1 atom stereocenters. The van der Waals surface area contributed by atoms with E-state index in [1.807, 2.05) is 13.8 Å². The quantitative estimate of drug-likeness (QED) is 0.689. The maximum absolute atomic E-state index is 9.31. The summed E-state index contributed by atoms with van der Waals surface area (Å²) in [5.74, 6) is 0.744. The molecule has 0 aliphatic heterocycles. The van der Waals surface area contributed by atoms with Crippen molar-refractivity contribution >= 4 is 0 Å². The highest BCUT2D eigenvalue weighted by molar-refractivity contribution is 4.90. The van der Waals surface area contributed by atoms with E-state index in [9.17, 15) is 5.11 Å². The van der Waals surface area contributed by atoms with E-state index in [0.29, 0.717) is 12.7 Å². The molecular weight excluding hydrogens is 164 g/mol. The van der Waals surface area contributed by atoms with E-state index in [2.05, 4.69) is 6.92 Å². The van der Waals surface area contributed by atoms with E-state index in [0.717, 1.165) is 18.9 Å². The summed E-state index contributed by atoms with van der Waals surface area (Å²) in [6, 6.07) is 0. The van der Waals surface area contributed by atoms with Gasteiger partial charge in [-0.1, -0.05) is 6.92 Å². The van der Waals surface area contributed by atoms with Crippen LogP contribution in [0.25, 0.3) is 0 Å². The molecule has 1 aliphatic carbocycles. The smallest absolute Gasteiger partial charge is 0.0518 e. The van der Waals surface area contributed by atoms with Crippen molar-refractivity contribution in [1.29, 1.82) is 0 Å². The Bertz CT molecular complexity index is 152. The van der Waals surface area contributed by atoms with Gasteiger partial charge in [0.25, 0.3) is 0 Å². The Labute approximate surface area is 81.3 Å².